The number of nitrogens with two attached hydrogens (primary N) is 1. The van der Waals surface area contributed by atoms with Crippen molar-refractivity contribution < 1.29 is 19.7 Å². The summed E-state index contributed by atoms with van der Waals surface area (Å²) < 4.78 is 5.44. The number of ether oxygens (including phenoxy) is 1. The number of benzene rings is 3. The van der Waals surface area contributed by atoms with Crippen LogP contribution in [0.1, 0.15) is 34.3 Å². The van der Waals surface area contributed by atoms with Gasteiger partial charge in [-0.05, 0) is 27.8 Å². The number of aliphatic hydroxyl groups excluding tert-OH is 2. The monoisotopic (exact) mass is 431 g/mol. The molecule has 2 unspecified atom stereocenters. The van der Waals surface area contributed by atoms with Gasteiger partial charge in [0.15, 0.2) is 0 Å². The average molecular weight is 431 g/mol. The first-order valence-electron chi connectivity index (χ1n) is 10.3. The molecule has 0 aliphatic heterocycles. The quantitative estimate of drug-likeness (QED) is 0.290. The Morgan fingerprint density at radius 1 is 0.969 bits per heavy atom. The Balaban J connectivity index is 1.32. The first-order chi connectivity index (χ1) is 15.5. The van der Waals surface area contributed by atoms with Gasteiger partial charge >= 0.3 is 6.09 Å². The van der Waals surface area contributed by atoms with E-state index in [-0.39, 0.29) is 24.9 Å². The molecule has 3 aromatic rings. The Morgan fingerprint density at radius 2 is 1.53 bits per heavy atom. The molecule has 7 nitrogen and oxygen atoms in total. The minimum absolute atomic E-state index is 0.0524. The number of aliphatic hydroxyl groups is 2. The van der Waals surface area contributed by atoms with Crippen LogP contribution in [0, 0.1) is 5.41 Å². The second-order valence-electron chi connectivity index (χ2n) is 7.75. The summed E-state index contributed by atoms with van der Waals surface area (Å²) in [6, 6.07) is 22.5. The maximum absolute atomic E-state index is 12.2. The smallest absolute Gasteiger partial charge is 0.407 e. The van der Waals surface area contributed by atoms with E-state index in [1.165, 1.54) is 0 Å². The van der Waals surface area contributed by atoms with Crippen LogP contribution in [0.4, 0.5) is 4.79 Å². The van der Waals surface area contributed by atoms with Crippen LogP contribution in [0.3, 0.4) is 0 Å². The van der Waals surface area contributed by atoms with E-state index in [0.717, 1.165) is 22.3 Å². The first-order valence-corrected chi connectivity index (χ1v) is 10.3. The highest BCUT2D eigenvalue weighted by Gasteiger charge is 2.29. The fraction of sp³-hybridized carbons (Fsp3) is 0.200. The number of fused-ring (bicyclic) bond motifs is 3. The van der Waals surface area contributed by atoms with Gasteiger partial charge in [-0.2, -0.15) is 0 Å². The SMILES string of the molecule is N=C(N)c1ccc(C(O)C(O)CNC(=O)OCC2c3ccccc3-c3ccccc32)cc1. The van der Waals surface area contributed by atoms with Crippen molar-refractivity contribution in [2.75, 3.05) is 13.2 Å². The summed E-state index contributed by atoms with van der Waals surface area (Å²) in [7, 11) is 0. The van der Waals surface area contributed by atoms with E-state index in [2.05, 4.69) is 17.4 Å². The summed E-state index contributed by atoms with van der Waals surface area (Å²) in [6.45, 7) is -0.00266. The van der Waals surface area contributed by atoms with Crippen LogP contribution in [-0.2, 0) is 4.74 Å². The lowest BCUT2D eigenvalue weighted by atomic mass is 9.98. The summed E-state index contributed by atoms with van der Waals surface area (Å²) in [5.41, 5.74) is 10.9. The molecule has 4 rings (SSSR count). The summed E-state index contributed by atoms with van der Waals surface area (Å²) in [5.74, 6) is -0.132. The highest BCUT2D eigenvalue weighted by molar-refractivity contribution is 5.94. The molecule has 7 heteroatoms. The predicted octanol–water partition coefficient (Wildman–Crippen LogP) is 2.90. The summed E-state index contributed by atoms with van der Waals surface area (Å²) >= 11 is 0. The molecule has 0 fully saturated rings. The van der Waals surface area contributed by atoms with E-state index in [4.69, 9.17) is 15.9 Å². The maximum atomic E-state index is 12.2. The molecule has 2 atom stereocenters. The summed E-state index contributed by atoms with van der Waals surface area (Å²) in [6.07, 6.45) is -3.09. The third kappa shape index (κ3) is 4.34. The van der Waals surface area contributed by atoms with Gasteiger partial charge in [0.05, 0.1) is 0 Å². The number of nitrogens with one attached hydrogen (secondary N) is 2. The average Bonchev–Trinajstić information content (AvgIpc) is 3.14. The van der Waals surface area contributed by atoms with Gasteiger partial charge in [0.25, 0.3) is 0 Å². The van der Waals surface area contributed by atoms with Crippen molar-refractivity contribution in [2.24, 2.45) is 5.73 Å². The molecule has 0 saturated heterocycles. The molecule has 32 heavy (non-hydrogen) atoms. The Morgan fingerprint density at radius 3 is 2.09 bits per heavy atom. The van der Waals surface area contributed by atoms with Crippen molar-refractivity contribution in [1.29, 1.82) is 5.41 Å². The molecule has 0 saturated carbocycles. The standard InChI is InChI=1S/C25H25N3O4/c26-24(27)16-11-9-15(10-12-16)23(30)22(29)13-28-25(31)32-14-21-19-7-3-1-5-17(19)18-6-2-4-8-20(18)21/h1-12,21-23,29-30H,13-14H2,(H3,26,27)(H,28,31). The Labute approximate surface area is 186 Å². The molecule has 0 heterocycles. The number of hydrogen-bond acceptors (Lipinski definition) is 5. The van der Waals surface area contributed by atoms with E-state index in [1.807, 2.05) is 36.4 Å². The van der Waals surface area contributed by atoms with E-state index in [9.17, 15) is 15.0 Å². The fourth-order valence-electron chi connectivity index (χ4n) is 4.03. The Kier molecular flexibility index (Phi) is 6.20. The molecule has 1 aliphatic rings. The fourth-order valence-corrected chi connectivity index (χ4v) is 4.03. The Bertz CT molecular complexity index is 1080. The van der Waals surface area contributed by atoms with Crippen molar-refractivity contribution in [2.45, 2.75) is 18.1 Å². The van der Waals surface area contributed by atoms with Gasteiger partial charge in [-0.3, -0.25) is 5.41 Å². The lowest BCUT2D eigenvalue weighted by molar-refractivity contribution is 0.0185. The molecular formula is C25H25N3O4. The van der Waals surface area contributed by atoms with Gasteiger partial charge in [0.2, 0.25) is 0 Å². The van der Waals surface area contributed by atoms with Crippen LogP contribution < -0.4 is 11.1 Å². The van der Waals surface area contributed by atoms with E-state index in [0.29, 0.717) is 11.1 Å². The second kappa shape index (κ2) is 9.21. The number of amides is 1. The third-order valence-corrected chi connectivity index (χ3v) is 5.73. The predicted molar refractivity (Wildman–Crippen MR) is 121 cm³/mol. The molecule has 3 aromatic carbocycles. The van der Waals surface area contributed by atoms with Crippen LogP contribution in [0.5, 0.6) is 0 Å². The zero-order valence-electron chi connectivity index (χ0n) is 17.4. The van der Waals surface area contributed by atoms with Gasteiger partial charge in [-0.15, -0.1) is 0 Å². The van der Waals surface area contributed by atoms with Crippen LogP contribution in [0.2, 0.25) is 0 Å². The van der Waals surface area contributed by atoms with E-state index in [1.54, 1.807) is 24.3 Å². The Hall–Kier alpha value is -3.68. The van der Waals surface area contributed by atoms with Crippen molar-refractivity contribution in [1.82, 2.24) is 5.32 Å². The van der Waals surface area contributed by atoms with Gasteiger partial charge in [-0.1, -0.05) is 72.8 Å². The second-order valence-corrected chi connectivity index (χ2v) is 7.75. The van der Waals surface area contributed by atoms with Crippen molar-refractivity contribution in [3.8, 4) is 11.1 Å². The molecule has 1 amide bonds. The topological polar surface area (TPSA) is 129 Å². The van der Waals surface area contributed by atoms with Gasteiger partial charge < -0.3 is 26.0 Å². The van der Waals surface area contributed by atoms with Crippen molar-refractivity contribution >= 4 is 11.9 Å². The number of carbonyl (C=O) groups is 1. The molecule has 0 bridgehead atoms. The lowest BCUT2D eigenvalue weighted by Gasteiger charge is -2.19. The molecular weight excluding hydrogens is 406 g/mol. The molecule has 0 spiro atoms. The summed E-state index contributed by atoms with van der Waals surface area (Å²) in [5, 5.41) is 30.5. The van der Waals surface area contributed by atoms with E-state index < -0.39 is 18.3 Å². The molecule has 1 aliphatic carbocycles. The van der Waals surface area contributed by atoms with Gasteiger partial charge in [-0.25, -0.2) is 4.79 Å². The van der Waals surface area contributed by atoms with Gasteiger partial charge in [0.1, 0.15) is 24.7 Å². The normalized spacial score (nSPS) is 14.2. The number of nitrogen functional groups attached to an aromatic ring is 1. The van der Waals surface area contributed by atoms with E-state index >= 15 is 0 Å². The third-order valence-electron chi connectivity index (χ3n) is 5.73. The van der Waals surface area contributed by atoms with Crippen LogP contribution in [0.25, 0.3) is 11.1 Å². The largest absolute Gasteiger partial charge is 0.449 e. The number of rotatable bonds is 7. The zero-order chi connectivity index (χ0) is 22.7. The molecule has 6 N–H and O–H groups in total. The van der Waals surface area contributed by atoms with Crippen molar-refractivity contribution in [3.05, 3.63) is 95.1 Å². The highest BCUT2D eigenvalue weighted by atomic mass is 16.5. The number of amidine groups is 1. The molecule has 0 radical (unpaired) electrons. The van der Waals surface area contributed by atoms with Crippen molar-refractivity contribution in [3.63, 3.8) is 0 Å². The van der Waals surface area contributed by atoms with Crippen LogP contribution >= 0.6 is 0 Å². The molecule has 164 valence electrons. The minimum atomic E-state index is -1.22. The van der Waals surface area contributed by atoms with Gasteiger partial charge in [0, 0.05) is 18.0 Å². The number of carbonyl (C=O) groups excluding carboxylic acids is 1. The first kappa shape index (κ1) is 21.5. The van der Waals surface area contributed by atoms with Crippen LogP contribution in [0.15, 0.2) is 72.8 Å². The number of hydrogen-bond donors (Lipinski definition) is 5. The molecule has 0 aromatic heterocycles. The summed E-state index contributed by atoms with van der Waals surface area (Å²) in [4.78, 5) is 12.2. The lowest BCUT2D eigenvalue weighted by Crippen LogP contribution is -2.36. The van der Waals surface area contributed by atoms with Crippen LogP contribution in [-0.4, -0.2) is 41.4 Å². The highest BCUT2D eigenvalue weighted by Crippen LogP contribution is 2.44. The number of alkyl carbamates (subject to hydrolysis) is 1. The zero-order valence-corrected chi connectivity index (χ0v) is 17.4. The maximum Gasteiger partial charge on any atom is 0.407 e. The minimum Gasteiger partial charge on any atom is -0.449 e.